The molecule has 8 nitrogen and oxygen atoms in total. The molecule has 27 heavy (non-hydrogen) atoms. The minimum absolute atomic E-state index is 0. The van der Waals surface area contributed by atoms with Crippen LogP contribution >= 0.6 is 12.4 Å². The number of para-hydroxylation sites is 2. The van der Waals surface area contributed by atoms with Crippen molar-refractivity contribution >= 4 is 29.3 Å². The van der Waals surface area contributed by atoms with E-state index in [0.717, 1.165) is 11.0 Å². The molecule has 0 bridgehead atoms. The van der Waals surface area contributed by atoms with Gasteiger partial charge in [-0.1, -0.05) is 12.1 Å². The molecule has 1 aliphatic rings. The van der Waals surface area contributed by atoms with Crippen LogP contribution in [-0.2, 0) is 9.47 Å². The maximum absolute atomic E-state index is 12.5. The second-order valence-corrected chi connectivity index (χ2v) is 6.87. The number of aliphatic hydroxyl groups is 2. The number of halogens is 1. The van der Waals surface area contributed by atoms with E-state index in [1.54, 1.807) is 7.11 Å². The number of nitrogens with zero attached hydrogens (tertiary/aromatic N) is 1. The summed E-state index contributed by atoms with van der Waals surface area (Å²) in [6.45, 7) is 1.49. The van der Waals surface area contributed by atoms with Gasteiger partial charge < -0.3 is 30.0 Å². The number of nitrogens with one attached hydrogen (secondary N) is 2. The molecule has 0 radical (unpaired) electrons. The molecule has 4 N–H and O–H groups in total. The van der Waals surface area contributed by atoms with Gasteiger partial charge in [-0.05, 0) is 25.0 Å². The molecule has 3 atom stereocenters. The van der Waals surface area contributed by atoms with Gasteiger partial charge in [0.05, 0.1) is 43.1 Å². The van der Waals surface area contributed by atoms with Crippen molar-refractivity contribution in [2.75, 3.05) is 33.5 Å². The Labute approximate surface area is 163 Å². The highest BCUT2D eigenvalue weighted by Gasteiger charge is 2.44. The van der Waals surface area contributed by atoms with Crippen LogP contribution in [0.3, 0.4) is 0 Å². The minimum Gasteiger partial charge on any atom is -0.390 e. The van der Waals surface area contributed by atoms with Gasteiger partial charge in [-0.25, -0.2) is 4.98 Å². The molecule has 1 heterocycles. The highest BCUT2D eigenvalue weighted by atomic mass is 35.5. The van der Waals surface area contributed by atoms with Crippen molar-refractivity contribution in [3.63, 3.8) is 0 Å². The van der Waals surface area contributed by atoms with Gasteiger partial charge in [-0.15, -0.1) is 12.4 Å². The molecular formula is C18H26ClN3O5. The Morgan fingerprint density at radius 2 is 2.00 bits per heavy atom. The van der Waals surface area contributed by atoms with E-state index < -0.39 is 17.6 Å². The number of benzene rings is 1. The lowest BCUT2D eigenvalue weighted by atomic mass is 9.86. The van der Waals surface area contributed by atoms with Gasteiger partial charge in [-0.3, -0.25) is 4.79 Å². The number of carbonyl (C=O) groups excluding carboxylic acids is 1. The number of ether oxygens (including phenoxy) is 2. The summed E-state index contributed by atoms with van der Waals surface area (Å²) in [5.41, 5.74) is 0.998. The molecule has 1 unspecified atom stereocenters. The Kier molecular flexibility index (Phi) is 7.58. The van der Waals surface area contributed by atoms with E-state index in [4.69, 9.17) is 9.47 Å². The highest BCUT2D eigenvalue weighted by Crippen LogP contribution is 2.38. The second kappa shape index (κ2) is 9.48. The fourth-order valence-corrected chi connectivity index (χ4v) is 3.40. The maximum Gasteiger partial charge on any atom is 0.287 e. The molecule has 1 saturated carbocycles. The van der Waals surface area contributed by atoms with Gasteiger partial charge in [0, 0.05) is 19.1 Å². The summed E-state index contributed by atoms with van der Waals surface area (Å²) in [4.78, 5) is 19.7. The first kappa shape index (κ1) is 21.6. The minimum atomic E-state index is -0.816. The number of rotatable bonds is 8. The summed E-state index contributed by atoms with van der Waals surface area (Å²) in [6, 6.07) is 7.42. The lowest BCUT2D eigenvalue weighted by molar-refractivity contribution is 0.0113. The third-order valence-corrected chi connectivity index (χ3v) is 4.80. The number of hydrogen-bond donors (Lipinski definition) is 4. The SMILES string of the molecule is COCCOCC1(CNC(=O)c2nc3ccccc3[nH]2)C[C@@H](O)[C@@H](O)C1.Cl. The van der Waals surface area contributed by atoms with Crippen LogP contribution in [-0.4, -0.2) is 71.8 Å². The summed E-state index contributed by atoms with van der Waals surface area (Å²) >= 11 is 0. The molecule has 0 spiro atoms. The summed E-state index contributed by atoms with van der Waals surface area (Å²) < 4.78 is 10.6. The Balaban J connectivity index is 0.00000261. The lowest BCUT2D eigenvalue weighted by Crippen LogP contribution is -2.40. The Morgan fingerprint density at radius 3 is 2.67 bits per heavy atom. The van der Waals surface area contributed by atoms with Crippen LogP contribution in [0.2, 0.25) is 0 Å². The zero-order valence-corrected chi connectivity index (χ0v) is 16.0. The first-order valence-electron chi connectivity index (χ1n) is 8.69. The van der Waals surface area contributed by atoms with Crippen LogP contribution in [0, 0.1) is 5.41 Å². The second-order valence-electron chi connectivity index (χ2n) is 6.87. The molecule has 1 aromatic carbocycles. The number of aromatic amines is 1. The quantitative estimate of drug-likeness (QED) is 0.489. The molecule has 0 saturated heterocycles. The monoisotopic (exact) mass is 399 g/mol. The Bertz CT molecular complexity index is 710. The van der Waals surface area contributed by atoms with E-state index in [1.165, 1.54) is 0 Å². The van der Waals surface area contributed by atoms with Crippen LogP contribution in [0.15, 0.2) is 24.3 Å². The fourth-order valence-electron chi connectivity index (χ4n) is 3.40. The van der Waals surface area contributed by atoms with Crippen molar-refractivity contribution in [2.24, 2.45) is 5.41 Å². The van der Waals surface area contributed by atoms with Crippen molar-refractivity contribution in [2.45, 2.75) is 25.0 Å². The molecule has 1 aliphatic carbocycles. The molecule has 9 heteroatoms. The number of hydrogen-bond acceptors (Lipinski definition) is 6. The van der Waals surface area contributed by atoms with E-state index in [-0.39, 0.29) is 30.7 Å². The van der Waals surface area contributed by atoms with E-state index in [1.807, 2.05) is 24.3 Å². The van der Waals surface area contributed by atoms with Crippen molar-refractivity contribution in [1.82, 2.24) is 15.3 Å². The zero-order chi connectivity index (χ0) is 18.6. The lowest BCUT2D eigenvalue weighted by Gasteiger charge is -2.28. The largest absolute Gasteiger partial charge is 0.390 e. The molecule has 3 rings (SSSR count). The number of methoxy groups -OCH3 is 1. The fraction of sp³-hybridized carbons (Fsp3) is 0.556. The predicted octanol–water partition coefficient (Wildman–Crippen LogP) is 0.879. The third-order valence-electron chi connectivity index (χ3n) is 4.80. The van der Waals surface area contributed by atoms with Crippen molar-refractivity contribution < 1.29 is 24.5 Å². The van der Waals surface area contributed by atoms with E-state index >= 15 is 0 Å². The van der Waals surface area contributed by atoms with Gasteiger partial charge in [0.25, 0.3) is 5.91 Å². The summed E-state index contributed by atoms with van der Waals surface area (Å²) in [5, 5.41) is 22.8. The number of carbonyl (C=O) groups is 1. The first-order valence-corrected chi connectivity index (χ1v) is 8.69. The van der Waals surface area contributed by atoms with Crippen molar-refractivity contribution in [1.29, 1.82) is 0 Å². The third kappa shape index (κ3) is 5.18. The topological polar surface area (TPSA) is 117 Å². The number of aliphatic hydroxyl groups excluding tert-OH is 2. The molecule has 1 aromatic heterocycles. The standard InChI is InChI=1S/C18H25N3O5.ClH/c1-25-6-7-26-11-18(8-14(22)15(23)9-18)10-19-17(24)16-20-12-4-2-3-5-13(12)21-16;/h2-5,14-15,22-23H,6-11H2,1H3,(H,19,24)(H,20,21);1H/t14-,15+,18?;. The summed E-state index contributed by atoms with van der Waals surface area (Å²) in [7, 11) is 1.59. The molecule has 2 aromatic rings. The molecule has 0 aliphatic heterocycles. The molecule has 150 valence electrons. The van der Waals surface area contributed by atoms with Crippen LogP contribution in [0.1, 0.15) is 23.5 Å². The number of aromatic nitrogens is 2. The van der Waals surface area contributed by atoms with Crippen LogP contribution in [0.5, 0.6) is 0 Å². The smallest absolute Gasteiger partial charge is 0.287 e. The average molecular weight is 400 g/mol. The molecule has 1 fully saturated rings. The zero-order valence-electron chi connectivity index (χ0n) is 15.2. The van der Waals surface area contributed by atoms with Crippen molar-refractivity contribution in [3.8, 4) is 0 Å². The van der Waals surface area contributed by atoms with E-state index in [2.05, 4.69) is 15.3 Å². The Morgan fingerprint density at radius 1 is 1.30 bits per heavy atom. The summed E-state index contributed by atoms with van der Waals surface area (Å²) in [6.07, 6.45) is -0.906. The van der Waals surface area contributed by atoms with Gasteiger partial charge in [0.1, 0.15) is 0 Å². The average Bonchev–Trinajstić information content (AvgIpc) is 3.18. The Hall–Kier alpha value is -1.71. The highest BCUT2D eigenvalue weighted by molar-refractivity contribution is 5.94. The molecule has 1 amide bonds. The van der Waals surface area contributed by atoms with Gasteiger partial charge >= 0.3 is 0 Å². The van der Waals surface area contributed by atoms with E-state index in [0.29, 0.717) is 32.7 Å². The van der Waals surface area contributed by atoms with Crippen LogP contribution in [0.4, 0.5) is 0 Å². The van der Waals surface area contributed by atoms with Crippen LogP contribution < -0.4 is 5.32 Å². The van der Waals surface area contributed by atoms with Crippen LogP contribution in [0.25, 0.3) is 11.0 Å². The summed E-state index contributed by atoms with van der Waals surface area (Å²) in [5.74, 6) is -0.0888. The van der Waals surface area contributed by atoms with Gasteiger partial charge in [0.2, 0.25) is 0 Å². The van der Waals surface area contributed by atoms with Crippen molar-refractivity contribution in [3.05, 3.63) is 30.1 Å². The predicted molar refractivity (Wildman–Crippen MR) is 102 cm³/mol. The van der Waals surface area contributed by atoms with Gasteiger partial charge in [-0.2, -0.15) is 0 Å². The first-order chi connectivity index (χ1) is 12.5. The number of H-pyrrole nitrogens is 1. The van der Waals surface area contributed by atoms with Gasteiger partial charge in [0.15, 0.2) is 5.82 Å². The van der Waals surface area contributed by atoms with E-state index in [9.17, 15) is 15.0 Å². The number of amides is 1. The number of fused-ring (bicyclic) bond motifs is 1. The number of imidazole rings is 1. The maximum atomic E-state index is 12.5. The molecular weight excluding hydrogens is 374 g/mol. The normalized spacial score (nSPS) is 24.7.